The zero-order valence-corrected chi connectivity index (χ0v) is 15.3. The maximum Gasteiger partial charge on any atom is 0.410 e. The SMILES string of the molecule is COC1CCCCC1NC1CCCN(C(=O)OC(C)(C)C)CC1. The minimum atomic E-state index is -0.422. The number of nitrogens with one attached hydrogen (secondary N) is 1. The van der Waals surface area contributed by atoms with Gasteiger partial charge < -0.3 is 19.7 Å². The first-order chi connectivity index (χ1) is 10.9. The zero-order valence-electron chi connectivity index (χ0n) is 15.3. The molecule has 0 aromatic carbocycles. The summed E-state index contributed by atoms with van der Waals surface area (Å²) < 4.78 is 11.1. The summed E-state index contributed by atoms with van der Waals surface area (Å²) in [6, 6.07) is 0.940. The van der Waals surface area contributed by atoms with Gasteiger partial charge in [0.1, 0.15) is 5.60 Å². The third kappa shape index (κ3) is 5.96. The van der Waals surface area contributed by atoms with Crippen LogP contribution in [0.2, 0.25) is 0 Å². The summed E-state index contributed by atoms with van der Waals surface area (Å²) in [7, 11) is 1.82. The van der Waals surface area contributed by atoms with Gasteiger partial charge in [0, 0.05) is 32.3 Å². The van der Waals surface area contributed by atoms with Crippen molar-refractivity contribution in [3.05, 3.63) is 0 Å². The quantitative estimate of drug-likeness (QED) is 0.864. The summed E-state index contributed by atoms with van der Waals surface area (Å²) >= 11 is 0. The first-order valence-electron chi connectivity index (χ1n) is 9.16. The summed E-state index contributed by atoms with van der Waals surface area (Å²) in [5, 5.41) is 3.80. The van der Waals surface area contributed by atoms with E-state index in [1.165, 1.54) is 19.3 Å². The van der Waals surface area contributed by atoms with E-state index in [1.54, 1.807) is 0 Å². The molecule has 3 atom stereocenters. The van der Waals surface area contributed by atoms with Gasteiger partial charge in [0.15, 0.2) is 0 Å². The predicted molar refractivity (Wildman–Crippen MR) is 91.6 cm³/mol. The van der Waals surface area contributed by atoms with E-state index in [-0.39, 0.29) is 6.09 Å². The molecule has 1 aliphatic carbocycles. The monoisotopic (exact) mass is 326 g/mol. The molecule has 23 heavy (non-hydrogen) atoms. The average Bonchev–Trinajstić information content (AvgIpc) is 2.72. The van der Waals surface area contributed by atoms with Crippen LogP contribution < -0.4 is 5.32 Å². The van der Waals surface area contributed by atoms with Crippen molar-refractivity contribution in [2.45, 2.75) is 89.5 Å². The van der Waals surface area contributed by atoms with Crippen molar-refractivity contribution in [1.29, 1.82) is 0 Å². The van der Waals surface area contributed by atoms with Gasteiger partial charge in [-0.25, -0.2) is 4.79 Å². The van der Waals surface area contributed by atoms with Gasteiger partial charge in [0.05, 0.1) is 6.10 Å². The number of methoxy groups -OCH3 is 1. The number of carbonyl (C=O) groups is 1. The highest BCUT2D eigenvalue weighted by Gasteiger charge is 2.29. The van der Waals surface area contributed by atoms with E-state index in [2.05, 4.69) is 5.32 Å². The molecule has 0 aromatic rings. The van der Waals surface area contributed by atoms with E-state index in [9.17, 15) is 4.79 Å². The van der Waals surface area contributed by atoms with Crippen molar-refractivity contribution in [2.24, 2.45) is 0 Å². The Balaban J connectivity index is 1.82. The Morgan fingerprint density at radius 2 is 1.78 bits per heavy atom. The number of nitrogens with zero attached hydrogens (tertiary/aromatic N) is 1. The molecule has 1 saturated carbocycles. The average molecular weight is 326 g/mol. The van der Waals surface area contributed by atoms with Gasteiger partial charge in [0.25, 0.3) is 0 Å². The second kappa shape index (κ2) is 8.34. The highest BCUT2D eigenvalue weighted by atomic mass is 16.6. The third-order valence-electron chi connectivity index (χ3n) is 4.83. The van der Waals surface area contributed by atoms with Crippen LogP contribution in [0.25, 0.3) is 0 Å². The van der Waals surface area contributed by atoms with Gasteiger partial charge in [-0.2, -0.15) is 0 Å². The van der Waals surface area contributed by atoms with Crippen LogP contribution in [-0.2, 0) is 9.47 Å². The summed E-state index contributed by atoms with van der Waals surface area (Å²) in [5.41, 5.74) is -0.422. The second-order valence-corrected chi connectivity index (χ2v) is 7.93. The molecule has 1 N–H and O–H groups in total. The molecule has 1 amide bonds. The van der Waals surface area contributed by atoms with Crippen molar-refractivity contribution in [1.82, 2.24) is 10.2 Å². The number of hydrogen-bond donors (Lipinski definition) is 1. The highest BCUT2D eigenvalue weighted by Crippen LogP contribution is 2.23. The molecule has 2 rings (SSSR count). The standard InChI is InChI=1S/C18H34N2O3/c1-18(2,3)23-17(21)20-12-7-8-14(11-13-20)19-15-9-5-6-10-16(15)22-4/h14-16,19H,5-13H2,1-4H3. The first-order valence-corrected chi connectivity index (χ1v) is 9.16. The summed E-state index contributed by atoms with van der Waals surface area (Å²) in [4.78, 5) is 14.1. The molecule has 1 saturated heterocycles. The molecule has 5 nitrogen and oxygen atoms in total. The normalized spacial score (nSPS) is 29.9. The lowest BCUT2D eigenvalue weighted by atomic mass is 9.91. The first kappa shape index (κ1) is 18.5. The molecule has 5 heteroatoms. The Morgan fingerprint density at radius 3 is 2.48 bits per heavy atom. The lowest BCUT2D eigenvalue weighted by molar-refractivity contribution is 0.0250. The fraction of sp³-hybridized carbons (Fsp3) is 0.944. The number of amides is 1. The van der Waals surface area contributed by atoms with Gasteiger partial charge in [-0.3, -0.25) is 0 Å². The molecule has 0 spiro atoms. The lowest BCUT2D eigenvalue weighted by Crippen LogP contribution is -2.48. The molecular formula is C18H34N2O3. The van der Waals surface area contributed by atoms with E-state index in [0.717, 1.165) is 38.8 Å². The molecule has 3 unspecified atom stereocenters. The Bertz CT molecular complexity index is 381. The minimum absolute atomic E-state index is 0.175. The van der Waals surface area contributed by atoms with Crippen LogP contribution in [0.1, 0.15) is 65.7 Å². The smallest absolute Gasteiger partial charge is 0.410 e. The van der Waals surface area contributed by atoms with Crippen LogP contribution >= 0.6 is 0 Å². The summed E-state index contributed by atoms with van der Waals surface area (Å²) in [5.74, 6) is 0. The maximum atomic E-state index is 12.2. The van der Waals surface area contributed by atoms with Gasteiger partial charge in [-0.15, -0.1) is 0 Å². The van der Waals surface area contributed by atoms with Crippen LogP contribution in [0.4, 0.5) is 4.79 Å². The topological polar surface area (TPSA) is 50.8 Å². The number of rotatable bonds is 3. The van der Waals surface area contributed by atoms with Crippen LogP contribution in [0.3, 0.4) is 0 Å². The molecular weight excluding hydrogens is 292 g/mol. The number of carbonyl (C=O) groups excluding carboxylic acids is 1. The highest BCUT2D eigenvalue weighted by molar-refractivity contribution is 5.68. The molecule has 0 bridgehead atoms. The van der Waals surface area contributed by atoms with Crippen molar-refractivity contribution in [3.63, 3.8) is 0 Å². The summed E-state index contributed by atoms with van der Waals surface area (Å²) in [6.45, 7) is 7.32. The Morgan fingerprint density at radius 1 is 1.04 bits per heavy atom. The largest absolute Gasteiger partial charge is 0.444 e. The van der Waals surface area contributed by atoms with Gasteiger partial charge in [-0.05, 0) is 52.9 Å². The van der Waals surface area contributed by atoms with E-state index in [1.807, 2.05) is 32.8 Å². The zero-order chi connectivity index (χ0) is 16.9. The second-order valence-electron chi connectivity index (χ2n) is 7.93. The molecule has 0 aromatic heterocycles. The number of hydrogen-bond acceptors (Lipinski definition) is 4. The fourth-order valence-electron chi connectivity index (χ4n) is 3.64. The van der Waals surface area contributed by atoms with Crippen molar-refractivity contribution in [2.75, 3.05) is 20.2 Å². The van der Waals surface area contributed by atoms with Crippen LogP contribution in [-0.4, -0.2) is 55.0 Å². The molecule has 2 fully saturated rings. The van der Waals surface area contributed by atoms with E-state index >= 15 is 0 Å². The van der Waals surface area contributed by atoms with Crippen molar-refractivity contribution < 1.29 is 14.3 Å². The Hall–Kier alpha value is -0.810. The van der Waals surface area contributed by atoms with Crippen LogP contribution in [0.5, 0.6) is 0 Å². The lowest BCUT2D eigenvalue weighted by Gasteiger charge is -2.34. The fourth-order valence-corrected chi connectivity index (χ4v) is 3.64. The molecule has 0 radical (unpaired) electrons. The Labute approximate surface area is 141 Å². The van der Waals surface area contributed by atoms with E-state index in [0.29, 0.717) is 18.2 Å². The molecule has 1 aliphatic heterocycles. The van der Waals surface area contributed by atoms with Crippen molar-refractivity contribution >= 4 is 6.09 Å². The van der Waals surface area contributed by atoms with E-state index < -0.39 is 5.60 Å². The number of ether oxygens (including phenoxy) is 2. The van der Waals surface area contributed by atoms with Gasteiger partial charge in [0.2, 0.25) is 0 Å². The van der Waals surface area contributed by atoms with E-state index in [4.69, 9.17) is 9.47 Å². The Kier molecular flexibility index (Phi) is 6.72. The van der Waals surface area contributed by atoms with Gasteiger partial charge >= 0.3 is 6.09 Å². The maximum absolute atomic E-state index is 12.2. The summed E-state index contributed by atoms with van der Waals surface area (Å²) in [6.07, 6.45) is 8.22. The molecule has 134 valence electrons. The van der Waals surface area contributed by atoms with Gasteiger partial charge in [-0.1, -0.05) is 12.8 Å². The van der Waals surface area contributed by atoms with Crippen LogP contribution in [0.15, 0.2) is 0 Å². The molecule has 2 aliphatic rings. The third-order valence-corrected chi connectivity index (χ3v) is 4.83. The van der Waals surface area contributed by atoms with Crippen molar-refractivity contribution in [3.8, 4) is 0 Å². The minimum Gasteiger partial charge on any atom is -0.444 e. The van der Waals surface area contributed by atoms with Crippen LogP contribution in [0, 0.1) is 0 Å². The number of likely N-dealkylation sites (tertiary alicyclic amines) is 1. The molecule has 1 heterocycles. The predicted octanol–water partition coefficient (Wildman–Crippen LogP) is 3.32.